The largest absolute Gasteiger partial charge is 0.504 e. The number of anilines is 2. The van der Waals surface area contributed by atoms with E-state index >= 15 is 0 Å². The van der Waals surface area contributed by atoms with Crippen LogP contribution in [0.15, 0.2) is 66.7 Å². The van der Waals surface area contributed by atoms with Gasteiger partial charge in [0.1, 0.15) is 11.7 Å². The highest BCUT2D eigenvalue weighted by molar-refractivity contribution is 6.23. The number of hydrogen-bond donors (Lipinski definition) is 1. The van der Waals surface area contributed by atoms with Gasteiger partial charge in [-0.25, -0.2) is 14.4 Å². The number of benzene rings is 3. The van der Waals surface area contributed by atoms with Crippen LogP contribution in [0.25, 0.3) is 0 Å². The monoisotopic (exact) mass is 479 g/mol. The molecule has 2 amide bonds. The van der Waals surface area contributed by atoms with Crippen LogP contribution in [0.4, 0.5) is 21.5 Å². The fraction of sp³-hybridized carbons (Fsp3) is 0.167. The van der Waals surface area contributed by atoms with Crippen LogP contribution in [0.5, 0.6) is 11.5 Å². The number of carbonyl (C=O) groups excluding carboxylic acids is 2. The van der Waals surface area contributed by atoms with Crippen molar-refractivity contribution >= 4 is 28.9 Å². The molecule has 0 radical (unpaired) electrons. The topological polar surface area (TPSA) is 122 Å². The highest BCUT2D eigenvalue weighted by Crippen LogP contribution is 2.48. The minimum atomic E-state index is -1.19. The lowest BCUT2D eigenvalue weighted by atomic mass is 9.90. The fourth-order valence-corrected chi connectivity index (χ4v) is 4.42. The van der Waals surface area contributed by atoms with Gasteiger partial charge in [0.2, 0.25) is 5.91 Å². The average molecular weight is 479 g/mol. The number of phenolic OH excluding ortho intramolecular Hbond substituents is 1. The zero-order valence-electron chi connectivity index (χ0n) is 18.2. The van der Waals surface area contributed by atoms with Crippen LogP contribution < -0.4 is 14.7 Å². The predicted molar refractivity (Wildman–Crippen MR) is 120 cm³/mol. The molecule has 11 heteroatoms. The van der Waals surface area contributed by atoms with Gasteiger partial charge in [0.05, 0.1) is 29.4 Å². The van der Waals surface area contributed by atoms with E-state index in [1.807, 2.05) is 0 Å². The maximum Gasteiger partial charge on any atom is 0.269 e. The van der Waals surface area contributed by atoms with E-state index in [4.69, 9.17) is 9.57 Å². The van der Waals surface area contributed by atoms with Crippen LogP contribution in [0, 0.1) is 21.8 Å². The molecule has 5 rings (SSSR count). The number of nitro groups is 1. The maximum absolute atomic E-state index is 13.5. The second kappa shape index (κ2) is 8.37. The minimum absolute atomic E-state index is 0.115. The third-order valence-corrected chi connectivity index (χ3v) is 6.06. The van der Waals surface area contributed by atoms with Crippen LogP contribution >= 0.6 is 0 Å². The van der Waals surface area contributed by atoms with Crippen molar-refractivity contribution in [2.24, 2.45) is 5.92 Å². The normalized spacial score (nSPS) is 21.4. The zero-order chi connectivity index (χ0) is 24.9. The average Bonchev–Trinajstić information content (AvgIpc) is 3.36. The molecule has 0 spiro atoms. The first-order valence-corrected chi connectivity index (χ1v) is 10.5. The molecule has 2 heterocycles. The third kappa shape index (κ3) is 3.62. The molecule has 2 aliphatic rings. The van der Waals surface area contributed by atoms with Gasteiger partial charge in [-0.15, -0.1) is 0 Å². The smallest absolute Gasteiger partial charge is 0.269 e. The summed E-state index contributed by atoms with van der Waals surface area (Å²) in [7, 11) is 1.38. The van der Waals surface area contributed by atoms with Crippen LogP contribution in [0.2, 0.25) is 0 Å². The molecule has 3 aromatic rings. The molecule has 1 N–H and O–H groups in total. The summed E-state index contributed by atoms with van der Waals surface area (Å²) in [6.07, 6.45) is -1.19. The molecule has 0 aliphatic carbocycles. The van der Waals surface area contributed by atoms with Crippen LogP contribution in [0.3, 0.4) is 0 Å². The number of hydrogen-bond acceptors (Lipinski definition) is 8. The van der Waals surface area contributed by atoms with E-state index in [0.29, 0.717) is 11.3 Å². The molecule has 3 aromatic carbocycles. The molecular weight excluding hydrogens is 461 g/mol. The van der Waals surface area contributed by atoms with Crippen LogP contribution in [-0.2, 0) is 14.4 Å². The lowest BCUT2D eigenvalue weighted by molar-refractivity contribution is -0.384. The molecule has 3 atom stereocenters. The van der Waals surface area contributed by atoms with Gasteiger partial charge < -0.3 is 9.84 Å². The molecule has 0 bridgehead atoms. The standard InChI is InChI=1S/C24H18FN3O7/c1-34-19-12-13(2-11-18(19)29)21-20-22(35-27(21)16-7-9-17(10-8-16)28(32)33)24(31)26(23(20)30)15-5-3-14(25)4-6-15/h2-12,20-22,29H,1H3. The summed E-state index contributed by atoms with van der Waals surface area (Å²) >= 11 is 0. The molecule has 2 saturated heterocycles. The van der Waals surface area contributed by atoms with Crippen molar-refractivity contribution in [3.63, 3.8) is 0 Å². The quantitative estimate of drug-likeness (QED) is 0.335. The number of ether oxygens (including phenoxy) is 1. The molecule has 10 nitrogen and oxygen atoms in total. The van der Waals surface area contributed by atoms with Crippen molar-refractivity contribution in [1.29, 1.82) is 0 Å². The number of rotatable bonds is 5. The summed E-state index contributed by atoms with van der Waals surface area (Å²) in [6, 6.07) is 14.1. The van der Waals surface area contributed by atoms with Gasteiger partial charge in [0.15, 0.2) is 17.6 Å². The first-order valence-electron chi connectivity index (χ1n) is 10.5. The van der Waals surface area contributed by atoms with Gasteiger partial charge in [-0.1, -0.05) is 6.07 Å². The van der Waals surface area contributed by atoms with Gasteiger partial charge in [0.25, 0.3) is 11.6 Å². The van der Waals surface area contributed by atoms with Gasteiger partial charge >= 0.3 is 0 Å². The molecule has 35 heavy (non-hydrogen) atoms. The Kier molecular flexibility index (Phi) is 5.33. The Bertz CT molecular complexity index is 1330. The summed E-state index contributed by atoms with van der Waals surface area (Å²) in [5.41, 5.74) is 0.970. The number of aromatic hydroxyl groups is 1. The Balaban J connectivity index is 1.59. The highest BCUT2D eigenvalue weighted by Gasteiger charge is 2.60. The van der Waals surface area contributed by atoms with E-state index < -0.39 is 40.6 Å². The van der Waals surface area contributed by atoms with Gasteiger partial charge in [0, 0.05) is 12.1 Å². The lowest BCUT2D eigenvalue weighted by Crippen LogP contribution is -2.37. The van der Waals surface area contributed by atoms with Crippen molar-refractivity contribution in [2.45, 2.75) is 12.1 Å². The second-order valence-corrected chi connectivity index (χ2v) is 8.02. The van der Waals surface area contributed by atoms with Crippen LogP contribution in [0.1, 0.15) is 11.6 Å². The molecule has 2 fully saturated rings. The Morgan fingerprint density at radius 2 is 1.66 bits per heavy atom. The first-order chi connectivity index (χ1) is 16.8. The number of carbonyl (C=O) groups is 2. The van der Waals surface area contributed by atoms with E-state index in [2.05, 4.69) is 0 Å². The molecule has 0 saturated carbocycles. The van der Waals surface area contributed by atoms with E-state index in [0.717, 1.165) is 17.0 Å². The maximum atomic E-state index is 13.5. The van der Waals surface area contributed by atoms with E-state index in [-0.39, 0.29) is 22.9 Å². The van der Waals surface area contributed by atoms with Crippen molar-refractivity contribution < 1.29 is 33.6 Å². The van der Waals surface area contributed by atoms with Gasteiger partial charge in [-0.05, 0) is 54.1 Å². The summed E-state index contributed by atoms with van der Waals surface area (Å²) < 4.78 is 18.6. The highest BCUT2D eigenvalue weighted by atomic mass is 19.1. The Labute approximate surface area is 197 Å². The van der Waals surface area contributed by atoms with E-state index in [1.54, 1.807) is 6.07 Å². The number of nitro benzene ring substituents is 1. The second-order valence-electron chi connectivity index (χ2n) is 8.02. The SMILES string of the molecule is COc1cc(C2C3C(=O)N(c4ccc(F)cc4)C(=O)C3ON2c2ccc([N+](=O)[O-])cc2)ccc1O. The first kappa shape index (κ1) is 22.3. The van der Waals surface area contributed by atoms with Crippen molar-refractivity contribution in [3.05, 3.63) is 88.2 Å². The summed E-state index contributed by atoms with van der Waals surface area (Å²) in [5, 5.41) is 22.5. The third-order valence-electron chi connectivity index (χ3n) is 6.06. The van der Waals surface area contributed by atoms with Gasteiger partial charge in [-0.2, -0.15) is 0 Å². The number of phenols is 1. The predicted octanol–water partition coefficient (Wildman–Crippen LogP) is 3.50. The summed E-state index contributed by atoms with van der Waals surface area (Å²) in [6.45, 7) is 0. The summed E-state index contributed by atoms with van der Waals surface area (Å²) in [4.78, 5) is 44.3. The zero-order valence-corrected chi connectivity index (χ0v) is 18.2. The lowest BCUT2D eigenvalue weighted by Gasteiger charge is -2.29. The molecule has 3 unspecified atom stereocenters. The number of methoxy groups -OCH3 is 1. The Morgan fingerprint density at radius 3 is 2.29 bits per heavy atom. The van der Waals surface area contributed by atoms with Crippen molar-refractivity contribution in [1.82, 2.24) is 0 Å². The van der Waals surface area contributed by atoms with Crippen LogP contribution in [-0.4, -0.2) is 35.1 Å². The Hall–Kier alpha value is -4.51. The number of hydroxylamine groups is 1. The van der Waals surface area contributed by atoms with Crippen molar-refractivity contribution in [2.75, 3.05) is 17.1 Å². The van der Waals surface area contributed by atoms with E-state index in [9.17, 15) is 29.2 Å². The Morgan fingerprint density at radius 1 is 1.00 bits per heavy atom. The molecule has 2 aliphatic heterocycles. The number of non-ortho nitro benzene ring substituents is 1. The van der Waals surface area contributed by atoms with Crippen molar-refractivity contribution in [3.8, 4) is 11.5 Å². The molecule has 178 valence electrons. The number of imide groups is 1. The van der Waals surface area contributed by atoms with E-state index in [1.165, 1.54) is 60.7 Å². The minimum Gasteiger partial charge on any atom is -0.504 e. The fourth-order valence-electron chi connectivity index (χ4n) is 4.42. The number of amides is 2. The molecule has 0 aromatic heterocycles. The summed E-state index contributed by atoms with van der Waals surface area (Å²) in [5.74, 6) is -2.63. The number of nitrogens with zero attached hydrogens (tertiary/aromatic N) is 3. The number of halogens is 1. The number of fused-ring (bicyclic) bond motifs is 1. The van der Waals surface area contributed by atoms with Gasteiger partial charge in [-0.3, -0.25) is 24.5 Å². The molecular formula is C24H18FN3O7.